The number of carbonyl (C=O) groups excluding carboxylic acids is 1. The summed E-state index contributed by atoms with van der Waals surface area (Å²) >= 11 is 0. The summed E-state index contributed by atoms with van der Waals surface area (Å²) in [4.78, 5) is 16.1. The van der Waals surface area contributed by atoms with Crippen LogP contribution in [0.15, 0.2) is 67.1 Å². The molecule has 1 aromatic carbocycles. The van der Waals surface area contributed by atoms with Crippen molar-refractivity contribution in [3.63, 3.8) is 0 Å². The van der Waals surface area contributed by atoms with Crippen molar-refractivity contribution < 1.29 is 4.79 Å². The zero-order valence-electron chi connectivity index (χ0n) is 11.8. The molecule has 0 aliphatic rings. The van der Waals surface area contributed by atoms with E-state index in [2.05, 4.69) is 20.7 Å². The van der Waals surface area contributed by atoms with Gasteiger partial charge in [0.15, 0.2) is 5.82 Å². The molecule has 0 atom stereocenters. The Morgan fingerprint density at radius 1 is 1.09 bits per heavy atom. The highest BCUT2D eigenvalue weighted by Gasteiger charge is 2.03. The monoisotopic (exact) mass is 293 g/mol. The molecule has 3 rings (SSSR count). The normalized spacial score (nSPS) is 10.2. The van der Waals surface area contributed by atoms with E-state index in [1.54, 1.807) is 29.2 Å². The van der Waals surface area contributed by atoms with Crippen molar-refractivity contribution >= 4 is 11.7 Å². The average molecular weight is 293 g/mol. The first kappa shape index (κ1) is 13.8. The smallest absolute Gasteiger partial charge is 0.319 e. The first-order valence-corrected chi connectivity index (χ1v) is 6.86. The minimum atomic E-state index is -0.266. The van der Waals surface area contributed by atoms with Crippen molar-refractivity contribution in [3.05, 3.63) is 72.7 Å². The van der Waals surface area contributed by atoms with Crippen molar-refractivity contribution in [1.29, 1.82) is 0 Å². The first-order chi connectivity index (χ1) is 10.8. The maximum Gasteiger partial charge on any atom is 0.319 e. The molecule has 2 N–H and O–H groups in total. The van der Waals surface area contributed by atoms with Gasteiger partial charge in [-0.05, 0) is 23.8 Å². The van der Waals surface area contributed by atoms with E-state index in [9.17, 15) is 4.79 Å². The predicted molar refractivity (Wildman–Crippen MR) is 83.7 cm³/mol. The summed E-state index contributed by atoms with van der Waals surface area (Å²) in [5, 5.41) is 9.63. The van der Waals surface area contributed by atoms with E-state index in [-0.39, 0.29) is 6.03 Å². The Morgan fingerprint density at radius 2 is 1.95 bits per heavy atom. The van der Waals surface area contributed by atoms with Gasteiger partial charge in [-0.15, -0.1) is 0 Å². The molecule has 6 heteroatoms. The number of aromatic nitrogens is 3. The van der Waals surface area contributed by atoms with Crippen LogP contribution in [0.25, 0.3) is 5.82 Å². The van der Waals surface area contributed by atoms with Gasteiger partial charge in [0.1, 0.15) is 0 Å². The number of nitrogens with one attached hydrogen (secondary N) is 2. The molecule has 0 aliphatic heterocycles. The number of carbonyl (C=O) groups is 1. The number of pyridine rings is 1. The molecule has 3 aromatic rings. The van der Waals surface area contributed by atoms with E-state index in [0.717, 1.165) is 5.56 Å². The van der Waals surface area contributed by atoms with Crippen molar-refractivity contribution in [2.24, 2.45) is 0 Å². The maximum atomic E-state index is 11.8. The number of hydrogen-bond donors (Lipinski definition) is 2. The van der Waals surface area contributed by atoms with E-state index in [1.165, 1.54) is 0 Å². The van der Waals surface area contributed by atoms with Crippen LogP contribution in [0.5, 0.6) is 0 Å². The number of urea groups is 1. The minimum absolute atomic E-state index is 0.266. The van der Waals surface area contributed by atoms with E-state index in [4.69, 9.17) is 0 Å². The van der Waals surface area contributed by atoms with Crippen LogP contribution in [0, 0.1) is 0 Å². The van der Waals surface area contributed by atoms with Gasteiger partial charge in [0.05, 0.1) is 11.9 Å². The Balaban J connectivity index is 1.55. The molecule has 110 valence electrons. The summed E-state index contributed by atoms with van der Waals surface area (Å²) < 4.78 is 1.65. The number of anilines is 1. The van der Waals surface area contributed by atoms with Crippen molar-refractivity contribution in [3.8, 4) is 5.82 Å². The quantitative estimate of drug-likeness (QED) is 0.776. The van der Waals surface area contributed by atoms with Gasteiger partial charge in [0.2, 0.25) is 0 Å². The fourth-order valence-electron chi connectivity index (χ4n) is 1.95. The second-order valence-corrected chi connectivity index (χ2v) is 4.65. The summed E-state index contributed by atoms with van der Waals surface area (Å²) in [5.74, 6) is 0.695. The van der Waals surface area contributed by atoms with E-state index in [0.29, 0.717) is 18.1 Å². The van der Waals surface area contributed by atoms with E-state index >= 15 is 0 Å². The molecule has 0 radical (unpaired) electrons. The average Bonchev–Trinajstić information content (AvgIpc) is 3.09. The lowest BCUT2D eigenvalue weighted by atomic mass is 10.2. The number of benzene rings is 1. The number of nitrogens with zero attached hydrogens (tertiary/aromatic N) is 3. The Kier molecular flexibility index (Phi) is 4.10. The standard InChI is InChI=1S/C16H15N5O/c22-16(18-11-13-5-2-1-3-6-13)20-14-7-8-15(17-12-14)21-10-4-9-19-21/h1-10,12H,11H2,(H2,18,20,22). The highest BCUT2D eigenvalue weighted by atomic mass is 16.2. The fraction of sp³-hybridized carbons (Fsp3) is 0.0625. The highest BCUT2D eigenvalue weighted by molar-refractivity contribution is 5.89. The minimum Gasteiger partial charge on any atom is -0.334 e. The molecule has 2 aromatic heterocycles. The second kappa shape index (κ2) is 6.53. The molecule has 0 saturated heterocycles. The van der Waals surface area contributed by atoms with Gasteiger partial charge < -0.3 is 10.6 Å². The Hall–Kier alpha value is -3.15. The highest BCUT2D eigenvalue weighted by Crippen LogP contribution is 2.08. The topological polar surface area (TPSA) is 71.8 Å². The van der Waals surface area contributed by atoms with Crippen LogP contribution >= 0.6 is 0 Å². The van der Waals surface area contributed by atoms with Crippen LogP contribution in [-0.4, -0.2) is 20.8 Å². The number of hydrogen-bond acceptors (Lipinski definition) is 3. The second-order valence-electron chi connectivity index (χ2n) is 4.65. The molecule has 0 saturated carbocycles. The zero-order chi connectivity index (χ0) is 15.2. The predicted octanol–water partition coefficient (Wildman–Crippen LogP) is 2.59. The van der Waals surface area contributed by atoms with Crippen LogP contribution in [0.1, 0.15) is 5.56 Å². The van der Waals surface area contributed by atoms with Crippen LogP contribution in [0.2, 0.25) is 0 Å². The van der Waals surface area contributed by atoms with Gasteiger partial charge in [0.25, 0.3) is 0 Å². The molecule has 22 heavy (non-hydrogen) atoms. The van der Waals surface area contributed by atoms with E-state index in [1.807, 2.05) is 42.6 Å². The SMILES string of the molecule is O=C(NCc1ccccc1)Nc1ccc(-n2cccn2)nc1. The lowest BCUT2D eigenvalue weighted by Crippen LogP contribution is -2.28. The Bertz CT molecular complexity index is 723. The Morgan fingerprint density at radius 3 is 2.64 bits per heavy atom. The molecule has 0 aliphatic carbocycles. The van der Waals surface area contributed by atoms with Crippen LogP contribution < -0.4 is 10.6 Å². The molecule has 6 nitrogen and oxygen atoms in total. The molecule has 0 spiro atoms. The summed E-state index contributed by atoms with van der Waals surface area (Å²) in [6.45, 7) is 0.478. The first-order valence-electron chi connectivity index (χ1n) is 6.86. The van der Waals surface area contributed by atoms with Crippen LogP contribution in [-0.2, 0) is 6.54 Å². The third-order valence-electron chi connectivity index (χ3n) is 3.04. The summed E-state index contributed by atoms with van der Waals surface area (Å²) in [5.41, 5.74) is 1.67. The van der Waals surface area contributed by atoms with Crippen molar-refractivity contribution in [2.45, 2.75) is 6.54 Å². The summed E-state index contributed by atoms with van der Waals surface area (Å²) in [6.07, 6.45) is 5.09. The third kappa shape index (κ3) is 3.49. The fourth-order valence-corrected chi connectivity index (χ4v) is 1.95. The number of rotatable bonds is 4. The van der Waals surface area contributed by atoms with Gasteiger partial charge in [0, 0.05) is 18.9 Å². The summed E-state index contributed by atoms with van der Waals surface area (Å²) in [6, 6.07) is 14.9. The molecule has 0 bridgehead atoms. The maximum absolute atomic E-state index is 11.8. The van der Waals surface area contributed by atoms with Crippen molar-refractivity contribution in [1.82, 2.24) is 20.1 Å². The Labute approximate surface area is 127 Å². The van der Waals surface area contributed by atoms with Gasteiger partial charge in [-0.1, -0.05) is 30.3 Å². The van der Waals surface area contributed by atoms with Gasteiger partial charge in [-0.3, -0.25) is 0 Å². The van der Waals surface area contributed by atoms with Gasteiger partial charge in [-0.2, -0.15) is 5.10 Å². The van der Waals surface area contributed by atoms with Crippen LogP contribution in [0.4, 0.5) is 10.5 Å². The molecule has 0 unspecified atom stereocenters. The molecule has 2 heterocycles. The van der Waals surface area contributed by atoms with Gasteiger partial charge in [-0.25, -0.2) is 14.5 Å². The van der Waals surface area contributed by atoms with Crippen LogP contribution in [0.3, 0.4) is 0 Å². The largest absolute Gasteiger partial charge is 0.334 e. The zero-order valence-corrected chi connectivity index (χ0v) is 11.8. The lowest BCUT2D eigenvalue weighted by molar-refractivity contribution is 0.251. The van der Waals surface area contributed by atoms with E-state index < -0.39 is 0 Å². The lowest BCUT2D eigenvalue weighted by Gasteiger charge is -2.08. The van der Waals surface area contributed by atoms with Crippen molar-refractivity contribution in [2.75, 3.05) is 5.32 Å². The molecular formula is C16H15N5O. The van der Waals surface area contributed by atoms with Gasteiger partial charge >= 0.3 is 6.03 Å². The molecule has 2 amide bonds. The molecule has 0 fully saturated rings. The molecular weight excluding hydrogens is 278 g/mol. The summed E-state index contributed by atoms with van der Waals surface area (Å²) in [7, 11) is 0. The third-order valence-corrected chi connectivity index (χ3v) is 3.04. The number of amides is 2.